The number of nitrogens with zero attached hydrogens (tertiary/aromatic N) is 7. The Hall–Kier alpha value is -2.90. The molecule has 3 aromatic heterocycles. The Morgan fingerprint density at radius 2 is 1.96 bits per heavy atom. The highest BCUT2D eigenvalue weighted by Gasteiger charge is 2.25. The number of hydrogen-bond acceptors (Lipinski definition) is 5. The van der Waals surface area contributed by atoms with Crippen molar-refractivity contribution in [1.29, 1.82) is 0 Å². The van der Waals surface area contributed by atoms with E-state index in [4.69, 9.17) is 0 Å². The van der Waals surface area contributed by atoms with Crippen LogP contribution >= 0.6 is 0 Å². The van der Waals surface area contributed by atoms with Crippen molar-refractivity contribution in [3.05, 3.63) is 42.6 Å². The average Bonchev–Trinajstić information content (AvgIpc) is 3.21. The van der Waals surface area contributed by atoms with Gasteiger partial charge >= 0.3 is 0 Å². The van der Waals surface area contributed by atoms with E-state index >= 15 is 0 Å². The topological polar surface area (TPSA) is 71.6 Å². The van der Waals surface area contributed by atoms with Crippen LogP contribution in [-0.4, -0.2) is 61.4 Å². The Bertz CT molecular complexity index is 844. The minimum absolute atomic E-state index is 0.00969. The molecule has 4 heterocycles. The summed E-state index contributed by atoms with van der Waals surface area (Å²) in [4.78, 5) is 21.1. The van der Waals surface area contributed by atoms with Crippen LogP contribution in [0, 0.1) is 0 Å². The van der Waals surface area contributed by atoms with Gasteiger partial charge in [0.25, 0.3) is 5.91 Å². The van der Waals surface area contributed by atoms with Gasteiger partial charge in [0.15, 0.2) is 5.65 Å². The molecule has 1 fully saturated rings. The number of carbonyl (C=O) groups excluding carboxylic acids is 1. The SMILES string of the molecule is Cn1cc(N2CCN(C(=O)c3cnn4cccnc34)CC2)cn1. The lowest BCUT2D eigenvalue weighted by molar-refractivity contribution is 0.0748. The maximum Gasteiger partial charge on any atom is 0.259 e. The monoisotopic (exact) mass is 311 g/mol. The summed E-state index contributed by atoms with van der Waals surface area (Å²) in [5.41, 5.74) is 2.25. The van der Waals surface area contributed by atoms with Gasteiger partial charge in [-0.1, -0.05) is 0 Å². The molecule has 0 saturated carbocycles. The summed E-state index contributed by atoms with van der Waals surface area (Å²) >= 11 is 0. The van der Waals surface area contributed by atoms with E-state index in [0.29, 0.717) is 24.3 Å². The fraction of sp³-hybridized carbons (Fsp3) is 0.333. The second kappa shape index (κ2) is 5.38. The van der Waals surface area contributed by atoms with Gasteiger partial charge in [-0.2, -0.15) is 10.2 Å². The molecule has 118 valence electrons. The number of aromatic nitrogens is 5. The van der Waals surface area contributed by atoms with Crippen LogP contribution in [0.15, 0.2) is 37.1 Å². The Kier molecular flexibility index (Phi) is 3.22. The lowest BCUT2D eigenvalue weighted by atomic mass is 10.2. The van der Waals surface area contributed by atoms with E-state index in [0.717, 1.165) is 18.8 Å². The molecular weight excluding hydrogens is 294 g/mol. The molecule has 8 heteroatoms. The molecule has 0 spiro atoms. The Labute approximate surface area is 132 Å². The zero-order valence-electron chi connectivity index (χ0n) is 12.8. The van der Waals surface area contributed by atoms with Crippen molar-refractivity contribution in [2.24, 2.45) is 7.05 Å². The summed E-state index contributed by atoms with van der Waals surface area (Å²) in [7, 11) is 1.90. The molecule has 23 heavy (non-hydrogen) atoms. The summed E-state index contributed by atoms with van der Waals surface area (Å²) in [5, 5.41) is 8.38. The zero-order chi connectivity index (χ0) is 15.8. The molecule has 4 rings (SSSR count). The zero-order valence-corrected chi connectivity index (χ0v) is 12.8. The van der Waals surface area contributed by atoms with E-state index in [-0.39, 0.29) is 5.91 Å². The van der Waals surface area contributed by atoms with Crippen LogP contribution in [0.1, 0.15) is 10.4 Å². The first-order chi connectivity index (χ1) is 11.2. The minimum atomic E-state index is -0.00969. The lowest BCUT2D eigenvalue weighted by Gasteiger charge is -2.35. The van der Waals surface area contributed by atoms with Crippen molar-refractivity contribution in [1.82, 2.24) is 29.3 Å². The lowest BCUT2D eigenvalue weighted by Crippen LogP contribution is -2.48. The van der Waals surface area contributed by atoms with Crippen molar-refractivity contribution < 1.29 is 4.79 Å². The van der Waals surface area contributed by atoms with Crippen LogP contribution in [0.25, 0.3) is 5.65 Å². The van der Waals surface area contributed by atoms with E-state index in [1.54, 1.807) is 33.9 Å². The van der Waals surface area contributed by atoms with E-state index in [2.05, 4.69) is 20.1 Å². The van der Waals surface area contributed by atoms with E-state index < -0.39 is 0 Å². The second-order valence-corrected chi connectivity index (χ2v) is 5.60. The average molecular weight is 311 g/mol. The van der Waals surface area contributed by atoms with Gasteiger partial charge in [-0.25, -0.2) is 9.50 Å². The molecule has 0 N–H and O–H groups in total. The maximum absolute atomic E-state index is 12.7. The second-order valence-electron chi connectivity index (χ2n) is 5.60. The van der Waals surface area contributed by atoms with Gasteiger partial charge in [-0.05, 0) is 6.07 Å². The number of fused-ring (bicyclic) bond motifs is 1. The van der Waals surface area contributed by atoms with Crippen LogP contribution < -0.4 is 4.90 Å². The van der Waals surface area contributed by atoms with Crippen LogP contribution in [-0.2, 0) is 7.05 Å². The fourth-order valence-electron chi connectivity index (χ4n) is 2.89. The van der Waals surface area contributed by atoms with Crippen molar-refractivity contribution in [2.75, 3.05) is 31.1 Å². The van der Waals surface area contributed by atoms with Crippen LogP contribution in [0.5, 0.6) is 0 Å². The van der Waals surface area contributed by atoms with Gasteiger partial charge < -0.3 is 9.80 Å². The number of rotatable bonds is 2. The molecule has 1 saturated heterocycles. The molecule has 0 unspecified atom stereocenters. The smallest absolute Gasteiger partial charge is 0.259 e. The summed E-state index contributed by atoms with van der Waals surface area (Å²) in [5.74, 6) is -0.00969. The van der Waals surface area contributed by atoms with E-state index in [1.165, 1.54) is 0 Å². The fourth-order valence-corrected chi connectivity index (χ4v) is 2.89. The Morgan fingerprint density at radius 1 is 1.13 bits per heavy atom. The van der Waals surface area contributed by atoms with Gasteiger partial charge in [-0.15, -0.1) is 0 Å². The molecule has 1 amide bonds. The van der Waals surface area contributed by atoms with Gasteiger partial charge in [0.2, 0.25) is 0 Å². The first-order valence-electron chi connectivity index (χ1n) is 7.53. The molecule has 1 aliphatic rings. The third kappa shape index (κ3) is 2.41. The minimum Gasteiger partial charge on any atom is -0.365 e. The first kappa shape index (κ1) is 13.7. The molecule has 3 aromatic rings. The predicted octanol–water partition coefficient (Wildman–Crippen LogP) is 0.425. The van der Waals surface area contributed by atoms with Gasteiger partial charge in [0, 0.05) is 51.8 Å². The molecule has 0 aliphatic carbocycles. The number of anilines is 1. The number of carbonyl (C=O) groups is 1. The third-order valence-electron chi connectivity index (χ3n) is 4.13. The molecule has 0 aromatic carbocycles. The highest BCUT2D eigenvalue weighted by molar-refractivity contribution is 5.99. The third-order valence-corrected chi connectivity index (χ3v) is 4.13. The van der Waals surface area contributed by atoms with Crippen LogP contribution in [0.4, 0.5) is 5.69 Å². The standard InChI is InChI=1S/C15H17N7O/c1-19-11-12(9-17-19)20-5-7-21(8-6-20)15(23)13-10-18-22-4-2-3-16-14(13)22/h2-4,9-11H,5-8H2,1H3. The van der Waals surface area contributed by atoms with Crippen LogP contribution in [0.3, 0.4) is 0 Å². The van der Waals surface area contributed by atoms with Crippen molar-refractivity contribution >= 4 is 17.2 Å². The van der Waals surface area contributed by atoms with Gasteiger partial charge in [-0.3, -0.25) is 9.48 Å². The number of amides is 1. The molecule has 8 nitrogen and oxygen atoms in total. The number of hydrogen-bond donors (Lipinski definition) is 0. The van der Waals surface area contributed by atoms with Gasteiger partial charge in [0.1, 0.15) is 5.56 Å². The summed E-state index contributed by atoms with van der Waals surface area (Å²) in [6, 6.07) is 1.79. The molecule has 1 aliphatic heterocycles. The normalized spacial score (nSPS) is 15.3. The molecule has 0 atom stereocenters. The summed E-state index contributed by atoms with van der Waals surface area (Å²) < 4.78 is 3.41. The highest BCUT2D eigenvalue weighted by atomic mass is 16.2. The highest BCUT2D eigenvalue weighted by Crippen LogP contribution is 2.17. The van der Waals surface area contributed by atoms with Crippen molar-refractivity contribution in [3.63, 3.8) is 0 Å². The van der Waals surface area contributed by atoms with Crippen molar-refractivity contribution in [3.8, 4) is 0 Å². The molecule has 0 radical (unpaired) electrons. The summed E-state index contributed by atoms with van der Waals surface area (Å²) in [6.45, 7) is 2.95. The Morgan fingerprint density at radius 3 is 2.70 bits per heavy atom. The van der Waals surface area contributed by atoms with Crippen molar-refractivity contribution in [2.45, 2.75) is 0 Å². The number of aryl methyl sites for hydroxylation is 1. The Balaban J connectivity index is 1.49. The summed E-state index contributed by atoms with van der Waals surface area (Å²) in [6.07, 6.45) is 8.91. The van der Waals surface area contributed by atoms with Crippen LogP contribution in [0.2, 0.25) is 0 Å². The largest absolute Gasteiger partial charge is 0.365 e. The maximum atomic E-state index is 12.7. The first-order valence-corrected chi connectivity index (χ1v) is 7.53. The quantitative estimate of drug-likeness (QED) is 0.686. The van der Waals surface area contributed by atoms with E-state index in [1.807, 2.05) is 24.3 Å². The molecular formula is C15H17N7O. The van der Waals surface area contributed by atoms with E-state index in [9.17, 15) is 4.79 Å². The molecule has 0 bridgehead atoms. The number of piperazine rings is 1. The predicted molar refractivity (Wildman–Crippen MR) is 84.3 cm³/mol. The van der Waals surface area contributed by atoms with Gasteiger partial charge in [0.05, 0.1) is 18.1 Å².